The molecule has 2 aliphatic heterocycles. The molecule has 0 aromatic heterocycles. The van der Waals surface area contributed by atoms with Crippen molar-refractivity contribution in [3.63, 3.8) is 0 Å². The summed E-state index contributed by atoms with van der Waals surface area (Å²) in [4.78, 5) is 2.34. The van der Waals surface area contributed by atoms with Gasteiger partial charge < -0.3 is 15.0 Å². The van der Waals surface area contributed by atoms with Gasteiger partial charge in [0.2, 0.25) is 0 Å². The molecule has 1 unspecified atom stereocenters. The van der Waals surface area contributed by atoms with Crippen LogP contribution in [0.5, 0.6) is 5.75 Å². The molecule has 3 rings (SSSR count). The SMILES string of the molecule is CN1CCC(C)(Oc2cccc3c2CCCN3)C1. The highest BCUT2D eigenvalue weighted by Crippen LogP contribution is 2.35. The number of hydrogen-bond acceptors (Lipinski definition) is 3. The van der Waals surface area contributed by atoms with Crippen molar-refractivity contribution >= 4 is 5.69 Å². The van der Waals surface area contributed by atoms with Crippen LogP contribution in [-0.2, 0) is 6.42 Å². The van der Waals surface area contributed by atoms with Crippen LogP contribution in [0.15, 0.2) is 18.2 Å². The number of rotatable bonds is 2. The molecule has 0 amide bonds. The van der Waals surface area contributed by atoms with Crippen molar-refractivity contribution in [3.8, 4) is 5.75 Å². The molecule has 0 bridgehead atoms. The average Bonchev–Trinajstić information content (AvgIpc) is 2.70. The number of anilines is 1. The predicted molar refractivity (Wildman–Crippen MR) is 74.4 cm³/mol. The molecule has 1 aromatic rings. The summed E-state index contributed by atoms with van der Waals surface area (Å²) in [6, 6.07) is 6.37. The lowest BCUT2D eigenvalue weighted by molar-refractivity contribution is 0.0985. The monoisotopic (exact) mass is 246 g/mol. The van der Waals surface area contributed by atoms with Crippen LogP contribution in [0.2, 0.25) is 0 Å². The smallest absolute Gasteiger partial charge is 0.125 e. The van der Waals surface area contributed by atoms with Gasteiger partial charge in [0, 0.05) is 37.3 Å². The van der Waals surface area contributed by atoms with Crippen LogP contribution in [0, 0.1) is 0 Å². The zero-order valence-corrected chi connectivity index (χ0v) is 11.3. The van der Waals surface area contributed by atoms with Gasteiger partial charge in [-0.15, -0.1) is 0 Å². The van der Waals surface area contributed by atoms with Crippen LogP contribution in [0.3, 0.4) is 0 Å². The summed E-state index contributed by atoms with van der Waals surface area (Å²) in [5, 5.41) is 3.46. The molecule has 1 aromatic carbocycles. The molecule has 1 atom stereocenters. The standard InChI is InChI=1S/C15H22N2O/c1-15(8-10-17(2)11-15)18-14-7-3-6-13-12(14)5-4-9-16-13/h3,6-7,16H,4-5,8-11H2,1-2H3. The van der Waals surface area contributed by atoms with Gasteiger partial charge in [-0.3, -0.25) is 0 Å². The first-order chi connectivity index (χ1) is 8.66. The largest absolute Gasteiger partial charge is 0.486 e. The highest BCUT2D eigenvalue weighted by Gasteiger charge is 2.34. The topological polar surface area (TPSA) is 24.5 Å². The van der Waals surface area contributed by atoms with Crippen molar-refractivity contribution in [2.75, 3.05) is 32.0 Å². The fourth-order valence-electron chi connectivity index (χ4n) is 3.08. The number of nitrogens with one attached hydrogen (secondary N) is 1. The highest BCUT2D eigenvalue weighted by molar-refractivity contribution is 5.59. The first-order valence-electron chi connectivity index (χ1n) is 6.90. The molecular weight excluding hydrogens is 224 g/mol. The zero-order chi connectivity index (χ0) is 12.6. The van der Waals surface area contributed by atoms with E-state index >= 15 is 0 Å². The number of fused-ring (bicyclic) bond motifs is 1. The molecule has 0 spiro atoms. The van der Waals surface area contributed by atoms with E-state index in [2.05, 4.69) is 42.4 Å². The van der Waals surface area contributed by atoms with E-state index in [1.807, 2.05) is 0 Å². The molecule has 3 heteroatoms. The first kappa shape index (κ1) is 11.8. The third kappa shape index (κ3) is 2.19. The predicted octanol–water partition coefficient (Wildman–Crippen LogP) is 2.52. The molecule has 1 saturated heterocycles. The second-order valence-electron chi connectivity index (χ2n) is 5.85. The fourth-order valence-corrected chi connectivity index (χ4v) is 3.08. The third-order valence-corrected chi connectivity index (χ3v) is 4.04. The minimum absolute atomic E-state index is 0.0265. The maximum atomic E-state index is 6.35. The molecule has 3 nitrogen and oxygen atoms in total. The Hall–Kier alpha value is -1.22. The summed E-state index contributed by atoms with van der Waals surface area (Å²) in [6.07, 6.45) is 3.44. The van der Waals surface area contributed by atoms with Crippen molar-refractivity contribution in [3.05, 3.63) is 23.8 Å². The summed E-state index contributed by atoms with van der Waals surface area (Å²) >= 11 is 0. The number of benzene rings is 1. The second-order valence-corrected chi connectivity index (χ2v) is 5.85. The summed E-state index contributed by atoms with van der Waals surface area (Å²) in [5.41, 5.74) is 2.59. The normalized spacial score (nSPS) is 27.7. The van der Waals surface area contributed by atoms with E-state index in [9.17, 15) is 0 Å². The van der Waals surface area contributed by atoms with E-state index in [0.717, 1.165) is 38.2 Å². The molecule has 98 valence electrons. The molecule has 2 aliphatic rings. The molecule has 0 aliphatic carbocycles. The van der Waals surface area contributed by atoms with Crippen molar-refractivity contribution in [1.82, 2.24) is 4.90 Å². The van der Waals surface area contributed by atoms with Gasteiger partial charge in [-0.05, 0) is 38.9 Å². The molecule has 1 fully saturated rings. The van der Waals surface area contributed by atoms with Crippen LogP contribution in [0.1, 0.15) is 25.3 Å². The van der Waals surface area contributed by atoms with Crippen molar-refractivity contribution in [1.29, 1.82) is 0 Å². The second kappa shape index (κ2) is 4.47. The molecule has 0 radical (unpaired) electrons. The summed E-state index contributed by atoms with van der Waals surface area (Å²) in [6.45, 7) is 5.45. The fraction of sp³-hybridized carbons (Fsp3) is 0.600. The van der Waals surface area contributed by atoms with Gasteiger partial charge in [0.05, 0.1) is 0 Å². The Morgan fingerprint density at radius 2 is 2.28 bits per heavy atom. The molecule has 1 N–H and O–H groups in total. The Labute approximate surface area is 109 Å². The molecule has 18 heavy (non-hydrogen) atoms. The van der Waals surface area contributed by atoms with E-state index in [-0.39, 0.29) is 5.60 Å². The van der Waals surface area contributed by atoms with Crippen LogP contribution < -0.4 is 10.1 Å². The quantitative estimate of drug-likeness (QED) is 0.868. The number of likely N-dealkylation sites (N-methyl/N-ethyl adjacent to an activating group) is 1. The van der Waals surface area contributed by atoms with Crippen molar-refractivity contribution in [2.24, 2.45) is 0 Å². The van der Waals surface area contributed by atoms with Gasteiger partial charge in [-0.2, -0.15) is 0 Å². The third-order valence-electron chi connectivity index (χ3n) is 4.04. The Balaban J connectivity index is 1.84. The number of ether oxygens (including phenoxy) is 1. The Morgan fingerprint density at radius 3 is 3.06 bits per heavy atom. The van der Waals surface area contributed by atoms with Crippen LogP contribution in [-0.4, -0.2) is 37.2 Å². The van der Waals surface area contributed by atoms with Gasteiger partial charge in [-0.1, -0.05) is 6.07 Å². The van der Waals surface area contributed by atoms with Crippen LogP contribution >= 0.6 is 0 Å². The number of hydrogen-bond donors (Lipinski definition) is 1. The molecule has 2 heterocycles. The Kier molecular flexibility index (Phi) is 2.94. The van der Waals surface area contributed by atoms with Crippen molar-refractivity contribution < 1.29 is 4.74 Å². The van der Waals surface area contributed by atoms with E-state index < -0.39 is 0 Å². The zero-order valence-electron chi connectivity index (χ0n) is 11.3. The minimum atomic E-state index is -0.0265. The lowest BCUT2D eigenvalue weighted by Crippen LogP contribution is -2.35. The Bertz CT molecular complexity index is 446. The lowest BCUT2D eigenvalue weighted by atomic mass is 10.0. The van der Waals surface area contributed by atoms with Gasteiger partial charge in [-0.25, -0.2) is 0 Å². The summed E-state index contributed by atoms with van der Waals surface area (Å²) in [7, 11) is 2.16. The maximum Gasteiger partial charge on any atom is 0.125 e. The van der Waals surface area contributed by atoms with Gasteiger partial charge in [0.1, 0.15) is 11.4 Å². The number of nitrogens with zero attached hydrogens (tertiary/aromatic N) is 1. The van der Waals surface area contributed by atoms with Gasteiger partial charge in [0.25, 0.3) is 0 Å². The minimum Gasteiger partial charge on any atom is -0.486 e. The molecular formula is C15H22N2O. The Morgan fingerprint density at radius 1 is 1.39 bits per heavy atom. The van der Waals surface area contributed by atoms with E-state index in [1.165, 1.54) is 17.7 Å². The van der Waals surface area contributed by atoms with Gasteiger partial charge in [0.15, 0.2) is 0 Å². The lowest BCUT2D eigenvalue weighted by Gasteiger charge is -2.29. The van der Waals surface area contributed by atoms with Crippen molar-refractivity contribution in [2.45, 2.75) is 31.8 Å². The van der Waals surface area contributed by atoms with E-state index in [4.69, 9.17) is 4.74 Å². The maximum absolute atomic E-state index is 6.35. The van der Waals surface area contributed by atoms with Crippen LogP contribution in [0.25, 0.3) is 0 Å². The molecule has 0 saturated carbocycles. The average molecular weight is 246 g/mol. The van der Waals surface area contributed by atoms with Crippen LogP contribution in [0.4, 0.5) is 5.69 Å². The number of likely N-dealkylation sites (tertiary alicyclic amines) is 1. The summed E-state index contributed by atoms with van der Waals surface area (Å²) < 4.78 is 6.35. The van der Waals surface area contributed by atoms with E-state index in [0.29, 0.717) is 0 Å². The highest BCUT2D eigenvalue weighted by atomic mass is 16.5. The van der Waals surface area contributed by atoms with E-state index in [1.54, 1.807) is 0 Å². The van der Waals surface area contributed by atoms with Gasteiger partial charge >= 0.3 is 0 Å². The summed E-state index contributed by atoms with van der Waals surface area (Å²) in [5.74, 6) is 1.08. The first-order valence-corrected chi connectivity index (χ1v) is 6.90.